The van der Waals surface area contributed by atoms with Crippen LogP contribution >= 0.6 is 24.8 Å². The summed E-state index contributed by atoms with van der Waals surface area (Å²) in [5.41, 5.74) is 2.86. The van der Waals surface area contributed by atoms with Gasteiger partial charge in [-0.05, 0) is 51.4 Å². The summed E-state index contributed by atoms with van der Waals surface area (Å²) >= 11 is 0. The van der Waals surface area contributed by atoms with E-state index in [0.29, 0.717) is 11.6 Å². The van der Waals surface area contributed by atoms with Gasteiger partial charge in [-0.25, -0.2) is 4.68 Å². The molecule has 0 aliphatic carbocycles. The second-order valence-corrected chi connectivity index (χ2v) is 7.08. The van der Waals surface area contributed by atoms with Gasteiger partial charge < -0.3 is 10.2 Å². The second kappa shape index (κ2) is 10.0. The highest BCUT2D eigenvalue weighted by Crippen LogP contribution is 2.23. The summed E-state index contributed by atoms with van der Waals surface area (Å²) in [5, 5.41) is 12.7. The maximum atomic E-state index is 13.0. The molecule has 9 heteroatoms. The summed E-state index contributed by atoms with van der Waals surface area (Å²) in [4.78, 5) is 19.3. The average molecular weight is 437 g/mol. The van der Waals surface area contributed by atoms with Crippen LogP contribution < -0.4 is 5.32 Å². The highest BCUT2D eigenvalue weighted by Gasteiger charge is 2.27. The lowest BCUT2D eigenvalue weighted by molar-refractivity contribution is 0.0684. The lowest BCUT2D eigenvalue weighted by Gasteiger charge is -2.31. The van der Waals surface area contributed by atoms with Crippen molar-refractivity contribution in [2.24, 2.45) is 5.92 Å². The molecule has 3 heterocycles. The van der Waals surface area contributed by atoms with Crippen molar-refractivity contribution in [2.45, 2.75) is 19.8 Å². The Labute approximate surface area is 182 Å². The molecule has 0 unspecified atom stereocenters. The summed E-state index contributed by atoms with van der Waals surface area (Å²) in [7, 11) is 1.97. The Kier molecular flexibility index (Phi) is 7.96. The molecule has 4 rings (SSSR count). The van der Waals surface area contributed by atoms with Crippen molar-refractivity contribution in [1.29, 1.82) is 0 Å². The van der Waals surface area contributed by atoms with E-state index >= 15 is 0 Å². The van der Waals surface area contributed by atoms with Crippen LogP contribution in [0.2, 0.25) is 0 Å². The third-order valence-corrected chi connectivity index (χ3v) is 5.33. The van der Waals surface area contributed by atoms with Crippen LogP contribution in [0.4, 0.5) is 0 Å². The molecule has 0 spiro atoms. The molecule has 1 N–H and O–H groups in total. The number of halogens is 2. The van der Waals surface area contributed by atoms with Gasteiger partial charge in [0, 0.05) is 24.7 Å². The Morgan fingerprint density at radius 2 is 1.90 bits per heavy atom. The van der Waals surface area contributed by atoms with Crippen LogP contribution in [0.15, 0.2) is 36.5 Å². The maximum Gasteiger partial charge on any atom is 0.276 e. The van der Waals surface area contributed by atoms with Gasteiger partial charge in [-0.3, -0.25) is 9.78 Å². The quantitative estimate of drug-likeness (QED) is 0.679. The van der Waals surface area contributed by atoms with E-state index in [4.69, 9.17) is 0 Å². The Morgan fingerprint density at radius 1 is 1.17 bits per heavy atom. The van der Waals surface area contributed by atoms with Crippen LogP contribution in [0.25, 0.3) is 16.6 Å². The number of carbonyl (C=O) groups excluding carboxylic acids is 1. The normalized spacial score (nSPS) is 14.3. The minimum atomic E-state index is -0.0325. The van der Waals surface area contributed by atoms with Crippen LogP contribution in [0.5, 0.6) is 0 Å². The predicted octanol–water partition coefficient (Wildman–Crippen LogP) is 3.04. The van der Waals surface area contributed by atoms with Gasteiger partial charge in [0.25, 0.3) is 5.91 Å². The monoisotopic (exact) mass is 436 g/mol. The second-order valence-electron chi connectivity index (χ2n) is 7.08. The number of benzene rings is 1. The van der Waals surface area contributed by atoms with Gasteiger partial charge >= 0.3 is 0 Å². The minimum absolute atomic E-state index is 0. The molecule has 1 aliphatic heterocycles. The van der Waals surface area contributed by atoms with Crippen molar-refractivity contribution in [3.63, 3.8) is 0 Å². The van der Waals surface area contributed by atoms with E-state index in [9.17, 15) is 4.79 Å². The first-order chi connectivity index (χ1) is 13.2. The number of fused-ring (bicyclic) bond motifs is 1. The third kappa shape index (κ3) is 4.52. The van der Waals surface area contributed by atoms with Gasteiger partial charge in [0.1, 0.15) is 0 Å². The van der Waals surface area contributed by atoms with Crippen molar-refractivity contribution in [1.82, 2.24) is 30.2 Å². The number of para-hydroxylation sites is 1. The van der Waals surface area contributed by atoms with Crippen molar-refractivity contribution in [3.8, 4) is 5.69 Å². The summed E-state index contributed by atoms with van der Waals surface area (Å²) in [5.74, 6) is 0.604. The fourth-order valence-electron chi connectivity index (χ4n) is 3.79. The molecule has 0 radical (unpaired) electrons. The summed E-state index contributed by atoms with van der Waals surface area (Å²) in [6.45, 7) is 4.44. The Bertz CT molecular complexity index is 963. The number of nitrogens with zero attached hydrogens (tertiary/aromatic N) is 5. The molecule has 1 saturated heterocycles. The Hall–Kier alpha value is -2.22. The van der Waals surface area contributed by atoms with Gasteiger partial charge in [0.2, 0.25) is 0 Å². The summed E-state index contributed by atoms with van der Waals surface area (Å²) < 4.78 is 1.72. The Balaban J connectivity index is 0.00000150. The smallest absolute Gasteiger partial charge is 0.276 e. The number of rotatable bonds is 4. The van der Waals surface area contributed by atoms with Crippen LogP contribution in [0, 0.1) is 12.8 Å². The third-order valence-electron chi connectivity index (χ3n) is 5.33. The predicted molar refractivity (Wildman–Crippen MR) is 118 cm³/mol. The summed E-state index contributed by atoms with van der Waals surface area (Å²) in [6, 6.07) is 9.86. The molecule has 1 fully saturated rings. The molecule has 0 saturated carbocycles. The molecule has 1 amide bonds. The van der Waals surface area contributed by atoms with Crippen molar-refractivity contribution < 1.29 is 4.79 Å². The van der Waals surface area contributed by atoms with Crippen molar-refractivity contribution in [2.75, 3.05) is 26.7 Å². The number of amides is 1. The highest BCUT2D eigenvalue weighted by atomic mass is 35.5. The van der Waals surface area contributed by atoms with E-state index in [1.165, 1.54) is 0 Å². The number of aromatic nitrogens is 4. The van der Waals surface area contributed by atoms with Gasteiger partial charge in [0.05, 0.1) is 16.9 Å². The molecule has 29 heavy (non-hydrogen) atoms. The molecule has 3 aromatic rings. The van der Waals surface area contributed by atoms with E-state index in [1.54, 1.807) is 10.9 Å². The average Bonchev–Trinajstić information content (AvgIpc) is 3.09. The molecular formula is C20H26Cl2N6O. The molecule has 7 nitrogen and oxygen atoms in total. The highest BCUT2D eigenvalue weighted by molar-refractivity contribution is 5.94. The van der Waals surface area contributed by atoms with Gasteiger partial charge in [0.15, 0.2) is 5.69 Å². The number of pyridine rings is 1. The van der Waals surface area contributed by atoms with E-state index in [1.807, 2.05) is 49.2 Å². The van der Waals surface area contributed by atoms with Crippen molar-refractivity contribution >= 4 is 41.6 Å². The zero-order chi connectivity index (χ0) is 18.8. The maximum absolute atomic E-state index is 13.0. The lowest BCUT2D eigenvalue weighted by atomic mass is 9.96. The first-order valence-electron chi connectivity index (χ1n) is 9.39. The van der Waals surface area contributed by atoms with E-state index < -0.39 is 0 Å². The van der Waals surface area contributed by atoms with Crippen LogP contribution in [0.3, 0.4) is 0 Å². The lowest BCUT2D eigenvalue weighted by Crippen LogP contribution is -2.40. The minimum Gasteiger partial charge on any atom is -0.337 e. The van der Waals surface area contributed by atoms with E-state index in [0.717, 1.165) is 54.8 Å². The van der Waals surface area contributed by atoms with Gasteiger partial charge in [-0.1, -0.05) is 23.4 Å². The van der Waals surface area contributed by atoms with Crippen molar-refractivity contribution in [3.05, 3.63) is 47.9 Å². The van der Waals surface area contributed by atoms with Crippen LogP contribution in [-0.4, -0.2) is 57.5 Å². The molecule has 1 aliphatic rings. The Morgan fingerprint density at radius 3 is 2.62 bits per heavy atom. The molecular weight excluding hydrogens is 411 g/mol. The zero-order valence-electron chi connectivity index (χ0n) is 16.5. The number of piperidine rings is 1. The molecule has 2 aromatic heterocycles. The molecule has 1 aromatic carbocycles. The van der Waals surface area contributed by atoms with Crippen LogP contribution in [-0.2, 0) is 0 Å². The first-order valence-corrected chi connectivity index (χ1v) is 9.39. The largest absolute Gasteiger partial charge is 0.337 e. The zero-order valence-corrected chi connectivity index (χ0v) is 18.2. The molecule has 156 valence electrons. The van der Waals surface area contributed by atoms with E-state index in [-0.39, 0.29) is 30.7 Å². The van der Waals surface area contributed by atoms with E-state index in [2.05, 4.69) is 20.6 Å². The number of hydrogen-bond donors (Lipinski definition) is 1. The topological polar surface area (TPSA) is 75.9 Å². The summed E-state index contributed by atoms with van der Waals surface area (Å²) in [6.07, 6.45) is 3.81. The standard InChI is InChI=1S/C20H24N6O.2ClH/c1-14-18(20(27)25-11-8-15(9-12-25)13-21-2)23-24-26(14)17-7-3-5-16-6-4-10-22-19(16)17;;/h3-7,10,15,21H,8-9,11-13H2,1-2H3;2*1H. The van der Waals surface area contributed by atoms with Gasteiger partial charge in [-0.2, -0.15) is 0 Å². The number of hydrogen-bond acceptors (Lipinski definition) is 5. The number of carbonyl (C=O) groups is 1. The SMILES string of the molecule is CNCC1CCN(C(=O)c2nnn(-c3cccc4cccnc34)c2C)CC1.Cl.Cl. The molecule has 0 bridgehead atoms. The number of likely N-dealkylation sites (tertiary alicyclic amines) is 1. The first kappa shape index (κ1) is 23.1. The van der Waals surface area contributed by atoms with Crippen LogP contribution in [0.1, 0.15) is 29.0 Å². The fraction of sp³-hybridized carbons (Fsp3) is 0.400. The fourth-order valence-corrected chi connectivity index (χ4v) is 3.79. The number of nitrogens with one attached hydrogen (secondary N) is 1. The molecule has 0 atom stereocenters. The van der Waals surface area contributed by atoms with Gasteiger partial charge in [-0.15, -0.1) is 29.9 Å².